The van der Waals surface area contributed by atoms with Gasteiger partial charge in [0.25, 0.3) is 0 Å². The van der Waals surface area contributed by atoms with Crippen molar-refractivity contribution in [1.82, 2.24) is 0 Å². The maximum absolute atomic E-state index is 10.9. The first-order valence-electron chi connectivity index (χ1n) is 7.91. The summed E-state index contributed by atoms with van der Waals surface area (Å²) in [7, 11) is 0. The lowest BCUT2D eigenvalue weighted by Crippen LogP contribution is -2.34. The van der Waals surface area contributed by atoms with Crippen molar-refractivity contribution in [3.05, 3.63) is 21.9 Å². The quantitative estimate of drug-likeness (QED) is 0.838. The van der Waals surface area contributed by atoms with Crippen molar-refractivity contribution in [3.63, 3.8) is 0 Å². The summed E-state index contributed by atoms with van der Waals surface area (Å²) in [4.78, 5) is 1.53. The zero-order valence-corrected chi connectivity index (χ0v) is 13.0. The van der Waals surface area contributed by atoms with Crippen LogP contribution < -0.4 is 0 Å². The van der Waals surface area contributed by atoms with Crippen molar-refractivity contribution in [3.8, 4) is 0 Å². The number of aryl methyl sites for hydroxylation is 1. The van der Waals surface area contributed by atoms with Crippen LogP contribution in [0.1, 0.15) is 62.3 Å². The van der Waals surface area contributed by atoms with Crippen molar-refractivity contribution in [2.24, 2.45) is 17.8 Å². The second-order valence-corrected chi connectivity index (χ2v) is 7.82. The molecule has 0 aromatic carbocycles. The largest absolute Gasteiger partial charge is 0.392 e. The van der Waals surface area contributed by atoms with Gasteiger partial charge in [-0.05, 0) is 66.9 Å². The van der Waals surface area contributed by atoms with Gasteiger partial charge in [-0.25, -0.2) is 0 Å². The summed E-state index contributed by atoms with van der Waals surface area (Å²) >= 11 is 1.88. The normalized spacial score (nSPS) is 36.8. The van der Waals surface area contributed by atoms with Gasteiger partial charge in [0, 0.05) is 10.8 Å². The Morgan fingerprint density at radius 2 is 2.05 bits per heavy atom. The Morgan fingerprint density at radius 3 is 2.84 bits per heavy atom. The van der Waals surface area contributed by atoms with Crippen molar-refractivity contribution in [2.75, 3.05) is 0 Å². The van der Waals surface area contributed by atoms with Gasteiger partial charge in [-0.15, -0.1) is 11.3 Å². The van der Waals surface area contributed by atoms with Crippen LogP contribution in [0.25, 0.3) is 0 Å². The van der Waals surface area contributed by atoms with Crippen LogP contribution in [-0.2, 0) is 6.42 Å². The third-order valence-corrected chi connectivity index (χ3v) is 6.63. The second-order valence-electron chi connectivity index (χ2n) is 6.82. The number of aliphatic hydroxyl groups is 1. The molecule has 0 radical (unpaired) electrons. The van der Waals surface area contributed by atoms with Crippen LogP contribution in [0.5, 0.6) is 0 Å². The number of hydrogen-bond acceptors (Lipinski definition) is 2. The lowest BCUT2D eigenvalue weighted by Gasteiger charge is -2.38. The Hall–Kier alpha value is -0.340. The summed E-state index contributed by atoms with van der Waals surface area (Å²) in [6, 6.07) is 2.27. The van der Waals surface area contributed by atoms with Gasteiger partial charge in [0.2, 0.25) is 0 Å². The highest BCUT2D eigenvalue weighted by molar-refractivity contribution is 7.10. The molecule has 1 aromatic rings. The molecule has 1 saturated carbocycles. The second kappa shape index (κ2) is 5.57. The molecular formula is C17H26OS. The van der Waals surface area contributed by atoms with E-state index in [4.69, 9.17) is 0 Å². The number of aliphatic hydroxyl groups excluding tert-OH is 1. The van der Waals surface area contributed by atoms with Crippen LogP contribution in [0.2, 0.25) is 0 Å². The van der Waals surface area contributed by atoms with E-state index in [2.05, 4.69) is 25.3 Å². The molecule has 0 saturated heterocycles. The first kappa shape index (κ1) is 13.6. The van der Waals surface area contributed by atoms with Gasteiger partial charge in [-0.3, -0.25) is 0 Å². The highest BCUT2D eigenvalue weighted by atomic mass is 32.1. The molecule has 5 atom stereocenters. The van der Waals surface area contributed by atoms with Crippen molar-refractivity contribution in [1.29, 1.82) is 0 Å². The van der Waals surface area contributed by atoms with Gasteiger partial charge in [0.1, 0.15) is 0 Å². The minimum Gasteiger partial charge on any atom is -0.392 e. The molecule has 0 spiro atoms. The molecule has 0 bridgehead atoms. The Morgan fingerprint density at radius 1 is 1.21 bits per heavy atom. The molecule has 5 unspecified atom stereocenters. The highest BCUT2D eigenvalue weighted by Gasteiger charge is 2.35. The van der Waals surface area contributed by atoms with Crippen LogP contribution in [0.15, 0.2) is 11.4 Å². The molecule has 3 rings (SSSR count). The van der Waals surface area contributed by atoms with Gasteiger partial charge in [0.15, 0.2) is 0 Å². The van der Waals surface area contributed by atoms with Gasteiger partial charge in [0.05, 0.1) is 6.10 Å². The molecule has 2 aliphatic rings. The highest BCUT2D eigenvalue weighted by Crippen LogP contribution is 2.43. The first-order chi connectivity index (χ1) is 9.16. The number of fused-ring (bicyclic) bond motifs is 1. The Labute approximate surface area is 121 Å². The standard InChI is InChI=1S/C17H26OS/c1-11-6-7-13(10-12(11)2)17(18)15-4-3-5-16-14(15)8-9-19-16/h8-9,11-13,15,17-18H,3-7,10H2,1-2H3. The molecule has 0 amide bonds. The minimum atomic E-state index is -0.108. The molecule has 1 fully saturated rings. The molecule has 1 nitrogen and oxygen atoms in total. The molecular weight excluding hydrogens is 252 g/mol. The smallest absolute Gasteiger partial charge is 0.0637 e. The van der Waals surface area contributed by atoms with Crippen molar-refractivity contribution < 1.29 is 5.11 Å². The van der Waals surface area contributed by atoms with Crippen LogP contribution in [0.4, 0.5) is 0 Å². The van der Waals surface area contributed by atoms with Crippen LogP contribution in [-0.4, -0.2) is 11.2 Å². The molecule has 106 valence electrons. The number of hydrogen-bond donors (Lipinski definition) is 1. The van der Waals surface area contributed by atoms with Gasteiger partial charge in [-0.1, -0.05) is 20.3 Å². The third kappa shape index (κ3) is 2.62. The van der Waals surface area contributed by atoms with E-state index in [1.54, 1.807) is 0 Å². The zero-order chi connectivity index (χ0) is 13.4. The first-order valence-corrected chi connectivity index (χ1v) is 8.79. The lowest BCUT2D eigenvalue weighted by atomic mass is 9.69. The molecule has 2 aliphatic carbocycles. The minimum absolute atomic E-state index is 0.108. The average Bonchev–Trinajstić information content (AvgIpc) is 2.89. The summed E-state index contributed by atoms with van der Waals surface area (Å²) < 4.78 is 0. The number of rotatable bonds is 2. The molecule has 1 heterocycles. The summed E-state index contributed by atoms with van der Waals surface area (Å²) in [6.45, 7) is 4.73. The topological polar surface area (TPSA) is 20.2 Å². The number of thiophene rings is 1. The fraction of sp³-hybridized carbons (Fsp3) is 0.765. The molecule has 1 aromatic heterocycles. The lowest BCUT2D eigenvalue weighted by molar-refractivity contribution is 0.0328. The summed E-state index contributed by atoms with van der Waals surface area (Å²) in [5, 5.41) is 13.1. The maximum atomic E-state index is 10.9. The van der Waals surface area contributed by atoms with E-state index in [1.807, 2.05) is 11.3 Å². The van der Waals surface area contributed by atoms with Gasteiger partial charge in [-0.2, -0.15) is 0 Å². The summed E-state index contributed by atoms with van der Waals surface area (Å²) in [5.41, 5.74) is 1.47. The van der Waals surface area contributed by atoms with Crippen LogP contribution in [0.3, 0.4) is 0 Å². The van der Waals surface area contributed by atoms with E-state index in [9.17, 15) is 5.11 Å². The van der Waals surface area contributed by atoms with Crippen LogP contribution in [0, 0.1) is 17.8 Å². The van der Waals surface area contributed by atoms with Crippen molar-refractivity contribution >= 4 is 11.3 Å². The predicted molar refractivity (Wildman–Crippen MR) is 81.7 cm³/mol. The Balaban J connectivity index is 1.73. The van der Waals surface area contributed by atoms with Gasteiger partial charge >= 0.3 is 0 Å². The predicted octanol–water partition coefficient (Wildman–Crippen LogP) is 4.60. The Bertz CT molecular complexity index is 425. The monoisotopic (exact) mass is 278 g/mol. The fourth-order valence-corrected chi connectivity index (χ4v) is 5.10. The van der Waals surface area contributed by atoms with Crippen LogP contribution >= 0.6 is 11.3 Å². The van der Waals surface area contributed by atoms with E-state index < -0.39 is 0 Å². The molecule has 1 N–H and O–H groups in total. The van der Waals surface area contributed by atoms with E-state index in [-0.39, 0.29) is 6.10 Å². The van der Waals surface area contributed by atoms with E-state index in [0.717, 1.165) is 11.8 Å². The SMILES string of the molecule is CC1CCC(C(O)C2CCCc3sccc32)CC1C. The molecule has 2 heteroatoms. The Kier molecular flexibility index (Phi) is 4.00. The maximum Gasteiger partial charge on any atom is 0.0637 e. The van der Waals surface area contributed by atoms with E-state index in [0.29, 0.717) is 11.8 Å². The molecule has 19 heavy (non-hydrogen) atoms. The summed E-state index contributed by atoms with van der Waals surface area (Å²) in [5.74, 6) is 2.56. The van der Waals surface area contributed by atoms with E-state index >= 15 is 0 Å². The average molecular weight is 278 g/mol. The van der Waals surface area contributed by atoms with E-state index in [1.165, 1.54) is 49.0 Å². The van der Waals surface area contributed by atoms with Gasteiger partial charge < -0.3 is 5.11 Å². The zero-order valence-electron chi connectivity index (χ0n) is 12.1. The fourth-order valence-electron chi connectivity index (χ4n) is 4.10. The van der Waals surface area contributed by atoms with Crippen molar-refractivity contribution in [2.45, 2.75) is 64.4 Å². The molecule has 0 aliphatic heterocycles. The third-order valence-electron chi connectivity index (χ3n) is 5.63. The summed E-state index contributed by atoms with van der Waals surface area (Å²) in [6.07, 6.45) is 7.31.